The molecule has 9 heteroatoms. The van der Waals surface area contributed by atoms with Crippen LogP contribution in [0, 0.1) is 0 Å². The van der Waals surface area contributed by atoms with E-state index in [4.69, 9.17) is 4.74 Å². The van der Waals surface area contributed by atoms with Crippen LogP contribution in [-0.4, -0.2) is 38.0 Å². The Hall–Kier alpha value is -2.68. The molecular formula is C22H18F6N2O. The maximum absolute atomic E-state index is 13.0. The molecule has 2 aromatic rings. The van der Waals surface area contributed by atoms with Gasteiger partial charge in [0.2, 0.25) is 11.1 Å². The average Bonchev–Trinajstić information content (AvgIpc) is 3.61. The summed E-state index contributed by atoms with van der Waals surface area (Å²) in [6.45, 7) is 0.757. The zero-order chi connectivity index (χ0) is 22.3. The van der Waals surface area contributed by atoms with E-state index in [2.05, 4.69) is 9.98 Å². The maximum atomic E-state index is 13.0. The fourth-order valence-corrected chi connectivity index (χ4v) is 3.38. The molecule has 0 fully saturated rings. The van der Waals surface area contributed by atoms with Gasteiger partial charge in [-0.3, -0.25) is 9.98 Å². The van der Waals surface area contributed by atoms with Crippen molar-refractivity contribution in [1.82, 2.24) is 0 Å². The van der Waals surface area contributed by atoms with E-state index in [1.165, 1.54) is 24.3 Å². The molecule has 0 amide bonds. The first kappa shape index (κ1) is 21.5. The summed E-state index contributed by atoms with van der Waals surface area (Å²) in [5, 5.41) is 0. The molecule has 164 valence electrons. The topological polar surface area (TPSA) is 34.0 Å². The van der Waals surface area contributed by atoms with Gasteiger partial charge in [0.15, 0.2) is 0 Å². The van der Waals surface area contributed by atoms with Gasteiger partial charge in [0.25, 0.3) is 0 Å². The fraction of sp³-hybridized carbons (Fsp3) is 0.364. The predicted octanol–water partition coefficient (Wildman–Crippen LogP) is 5.17. The van der Waals surface area contributed by atoms with Gasteiger partial charge >= 0.3 is 12.4 Å². The molecule has 0 saturated heterocycles. The molecule has 2 atom stereocenters. The number of hydrogen-bond donors (Lipinski definition) is 0. The van der Waals surface area contributed by atoms with Crippen molar-refractivity contribution >= 4 is 12.4 Å². The van der Waals surface area contributed by atoms with Gasteiger partial charge < -0.3 is 4.74 Å². The summed E-state index contributed by atoms with van der Waals surface area (Å²) in [6, 6.07) is 12.2. The van der Waals surface area contributed by atoms with Gasteiger partial charge in [0.1, 0.15) is 0 Å². The number of hydrogen-bond acceptors (Lipinski definition) is 3. The molecule has 0 radical (unpaired) electrons. The maximum Gasteiger partial charge on any atom is 0.422 e. The van der Waals surface area contributed by atoms with E-state index >= 15 is 0 Å². The van der Waals surface area contributed by atoms with Gasteiger partial charge in [-0.2, -0.15) is 26.3 Å². The third-order valence-electron chi connectivity index (χ3n) is 5.50. The normalized spacial score (nSPS) is 24.5. The minimum absolute atomic E-state index is 0.0945. The smallest absolute Gasteiger partial charge is 0.381 e. The van der Waals surface area contributed by atoms with Crippen LogP contribution < -0.4 is 0 Å². The molecule has 2 heterocycles. The largest absolute Gasteiger partial charge is 0.422 e. The fourth-order valence-electron chi connectivity index (χ4n) is 3.38. The van der Waals surface area contributed by atoms with Gasteiger partial charge in [-0.25, -0.2) is 0 Å². The number of nitrogens with zero attached hydrogens (tertiary/aromatic N) is 2. The highest BCUT2D eigenvalue weighted by molar-refractivity contribution is 5.88. The molecule has 0 bridgehead atoms. The van der Waals surface area contributed by atoms with Gasteiger partial charge in [-0.05, 0) is 35.1 Å². The van der Waals surface area contributed by atoms with Gasteiger partial charge in [0.05, 0.1) is 13.2 Å². The first-order chi connectivity index (χ1) is 14.6. The Labute approximate surface area is 174 Å². The van der Waals surface area contributed by atoms with Crippen LogP contribution in [0.3, 0.4) is 0 Å². The van der Waals surface area contributed by atoms with Crippen LogP contribution in [0.2, 0.25) is 0 Å². The lowest BCUT2D eigenvalue weighted by molar-refractivity contribution is -0.156. The molecule has 0 saturated carbocycles. The number of alkyl halides is 6. The summed E-state index contributed by atoms with van der Waals surface area (Å²) in [5.41, 5.74) is -2.46. The molecule has 0 aliphatic carbocycles. The second kappa shape index (κ2) is 7.47. The van der Waals surface area contributed by atoms with Crippen LogP contribution in [0.4, 0.5) is 26.3 Å². The van der Waals surface area contributed by atoms with E-state index in [1.54, 1.807) is 24.3 Å². The lowest BCUT2D eigenvalue weighted by atomic mass is 9.95. The number of ether oxygens (including phenoxy) is 1. The first-order valence-corrected chi connectivity index (χ1v) is 9.60. The molecule has 0 aromatic heterocycles. The highest BCUT2D eigenvalue weighted by atomic mass is 19.4. The Morgan fingerprint density at radius 2 is 0.935 bits per heavy atom. The van der Waals surface area contributed by atoms with Crippen molar-refractivity contribution < 1.29 is 31.1 Å². The van der Waals surface area contributed by atoms with E-state index in [9.17, 15) is 26.3 Å². The highest BCUT2D eigenvalue weighted by Gasteiger charge is 2.62. The summed E-state index contributed by atoms with van der Waals surface area (Å²) in [7, 11) is 0. The minimum atomic E-state index is -4.44. The third-order valence-corrected chi connectivity index (χ3v) is 5.50. The Balaban J connectivity index is 1.21. The second-order valence-corrected chi connectivity index (χ2v) is 7.55. The predicted molar refractivity (Wildman–Crippen MR) is 104 cm³/mol. The number of benzene rings is 2. The highest BCUT2D eigenvalue weighted by Crippen LogP contribution is 2.48. The molecule has 0 N–H and O–H groups in total. The van der Waals surface area contributed by atoms with Crippen LogP contribution in [0.1, 0.15) is 22.3 Å². The Bertz CT molecular complexity index is 897. The van der Waals surface area contributed by atoms with Gasteiger partial charge in [0, 0.05) is 12.4 Å². The average molecular weight is 440 g/mol. The zero-order valence-corrected chi connectivity index (χ0v) is 16.2. The summed E-state index contributed by atoms with van der Waals surface area (Å²) < 4.78 is 83.8. The van der Waals surface area contributed by atoms with Crippen LogP contribution >= 0.6 is 0 Å². The monoisotopic (exact) mass is 440 g/mol. The molecule has 4 rings (SSSR count). The van der Waals surface area contributed by atoms with Gasteiger partial charge in [-0.1, -0.05) is 48.5 Å². The first-order valence-electron chi connectivity index (χ1n) is 9.60. The molecule has 2 unspecified atom stereocenters. The summed E-state index contributed by atoms with van der Waals surface area (Å²) in [6.07, 6.45) is -6.00. The molecule has 2 aliphatic heterocycles. The van der Waals surface area contributed by atoms with Crippen molar-refractivity contribution in [3.8, 4) is 0 Å². The molecule has 2 aromatic carbocycles. The van der Waals surface area contributed by atoms with E-state index < -0.39 is 23.4 Å². The Morgan fingerprint density at radius 1 is 0.613 bits per heavy atom. The van der Waals surface area contributed by atoms with Crippen LogP contribution in [0.15, 0.2) is 58.5 Å². The Kier molecular flexibility index (Phi) is 5.20. The molecule has 2 aliphatic rings. The third kappa shape index (κ3) is 4.11. The van der Waals surface area contributed by atoms with Crippen LogP contribution in [0.25, 0.3) is 0 Å². The van der Waals surface area contributed by atoms with E-state index in [1.807, 2.05) is 0 Å². The van der Waals surface area contributed by atoms with Crippen molar-refractivity contribution in [2.45, 2.75) is 36.3 Å². The quantitative estimate of drug-likeness (QED) is 0.412. The molecular weight excluding hydrogens is 422 g/mol. The summed E-state index contributed by atoms with van der Waals surface area (Å²) >= 11 is 0. The van der Waals surface area contributed by atoms with Gasteiger partial charge in [-0.15, -0.1) is 0 Å². The SMILES string of the molecule is FC(F)(F)C1(c2ccc(CCOCCc3ccc(C4(C(F)(F)F)C=N4)cc3)cc2)C=N1. The van der Waals surface area contributed by atoms with Crippen molar-refractivity contribution in [2.75, 3.05) is 13.2 Å². The number of rotatable bonds is 8. The van der Waals surface area contributed by atoms with Crippen LogP contribution in [0.5, 0.6) is 0 Å². The van der Waals surface area contributed by atoms with Crippen molar-refractivity contribution in [3.63, 3.8) is 0 Å². The van der Waals surface area contributed by atoms with E-state index in [0.29, 0.717) is 26.1 Å². The molecule has 0 spiro atoms. The lowest BCUT2D eigenvalue weighted by Crippen LogP contribution is -2.31. The molecule has 3 nitrogen and oxygen atoms in total. The van der Waals surface area contributed by atoms with Crippen molar-refractivity contribution in [2.24, 2.45) is 9.98 Å². The van der Waals surface area contributed by atoms with E-state index in [-0.39, 0.29) is 11.1 Å². The number of halogens is 6. The van der Waals surface area contributed by atoms with E-state index in [0.717, 1.165) is 23.6 Å². The summed E-state index contributed by atoms with van der Waals surface area (Å²) in [4.78, 5) is 6.83. The summed E-state index contributed by atoms with van der Waals surface area (Å²) in [5.74, 6) is 0. The minimum Gasteiger partial charge on any atom is -0.381 e. The number of aliphatic imine (C=N–C) groups is 2. The molecule has 31 heavy (non-hydrogen) atoms. The zero-order valence-electron chi connectivity index (χ0n) is 16.2. The second-order valence-electron chi connectivity index (χ2n) is 7.55. The van der Waals surface area contributed by atoms with Crippen LogP contribution in [-0.2, 0) is 28.7 Å². The Morgan fingerprint density at radius 3 is 1.19 bits per heavy atom. The lowest BCUT2D eigenvalue weighted by Gasteiger charge is -2.18. The standard InChI is InChI=1S/C22H18F6N2O/c23-21(24,25)19(13-29-19)17-5-1-15(2-6-17)9-11-31-12-10-16-3-7-18(8-4-16)20(14-30-20)22(26,27)28/h1-8,13-14H,9-12H2. The van der Waals surface area contributed by atoms with Crippen molar-refractivity contribution in [3.05, 3.63) is 70.8 Å². The van der Waals surface area contributed by atoms with Crippen molar-refractivity contribution in [1.29, 1.82) is 0 Å².